The van der Waals surface area contributed by atoms with Gasteiger partial charge in [-0.1, -0.05) is 68.4 Å². The van der Waals surface area contributed by atoms with Crippen LogP contribution in [0.1, 0.15) is 57.0 Å². The second kappa shape index (κ2) is 11.2. The first-order valence-corrected chi connectivity index (χ1v) is 12.6. The third-order valence-electron chi connectivity index (χ3n) is 6.72. The molecule has 4 aromatic rings. The van der Waals surface area contributed by atoms with Crippen LogP contribution in [-0.4, -0.2) is 34.0 Å². The summed E-state index contributed by atoms with van der Waals surface area (Å²) < 4.78 is 7.23. The predicted molar refractivity (Wildman–Crippen MR) is 144 cm³/mol. The Kier molecular flexibility index (Phi) is 7.84. The molecule has 0 radical (unpaired) electrons. The average molecular weight is 484 g/mol. The summed E-state index contributed by atoms with van der Waals surface area (Å²) >= 11 is 0. The summed E-state index contributed by atoms with van der Waals surface area (Å²) in [6.07, 6.45) is 1.28. The minimum atomic E-state index is -0.400. The second-order valence-electron chi connectivity index (χ2n) is 8.72. The molecule has 6 heteroatoms. The maximum Gasteiger partial charge on any atom is 0.266 e. The van der Waals surface area contributed by atoms with Gasteiger partial charge in [0.15, 0.2) is 0 Å². The van der Waals surface area contributed by atoms with E-state index in [9.17, 15) is 9.59 Å². The molecule has 1 heterocycles. The van der Waals surface area contributed by atoms with Gasteiger partial charge in [0.05, 0.1) is 35.7 Å². The van der Waals surface area contributed by atoms with Gasteiger partial charge in [-0.2, -0.15) is 0 Å². The van der Waals surface area contributed by atoms with Crippen molar-refractivity contribution in [3.05, 3.63) is 101 Å². The van der Waals surface area contributed by atoms with Crippen LogP contribution in [0.25, 0.3) is 16.6 Å². The number of nitrogens with zero attached hydrogens (tertiary/aromatic N) is 3. The van der Waals surface area contributed by atoms with E-state index in [0.29, 0.717) is 47.6 Å². The fourth-order valence-electron chi connectivity index (χ4n) is 4.93. The molecule has 1 amide bonds. The molecule has 3 aromatic carbocycles. The Morgan fingerprint density at radius 2 is 1.58 bits per heavy atom. The number of carbonyl (C=O) groups excluding carboxylic acids is 1. The molecule has 2 unspecified atom stereocenters. The van der Waals surface area contributed by atoms with Crippen LogP contribution < -0.4 is 10.3 Å². The Morgan fingerprint density at radius 3 is 2.25 bits per heavy atom. The normalized spacial score (nSPS) is 12.8. The molecule has 36 heavy (non-hydrogen) atoms. The van der Waals surface area contributed by atoms with E-state index >= 15 is 0 Å². The van der Waals surface area contributed by atoms with Crippen molar-refractivity contribution in [3.8, 4) is 11.4 Å². The SMILES string of the molecule is CCC(C(=O)N(CC)C(CC)c1nc2ccccc2c(=O)n1-c1ccccc1OC)c1ccccc1. The number of amides is 1. The lowest BCUT2D eigenvalue weighted by molar-refractivity contribution is -0.135. The van der Waals surface area contributed by atoms with E-state index in [4.69, 9.17) is 9.72 Å². The lowest BCUT2D eigenvalue weighted by Crippen LogP contribution is -2.40. The molecule has 0 spiro atoms. The molecule has 0 aliphatic carbocycles. The maximum atomic E-state index is 14.0. The smallest absolute Gasteiger partial charge is 0.266 e. The molecule has 4 rings (SSSR count). The molecule has 0 aliphatic rings. The van der Waals surface area contributed by atoms with Crippen molar-refractivity contribution in [2.75, 3.05) is 13.7 Å². The molecular weight excluding hydrogens is 450 g/mol. The predicted octanol–water partition coefficient (Wildman–Crippen LogP) is 5.89. The Morgan fingerprint density at radius 1 is 0.917 bits per heavy atom. The zero-order valence-corrected chi connectivity index (χ0v) is 21.3. The van der Waals surface area contributed by atoms with Crippen LogP contribution in [0.4, 0.5) is 0 Å². The molecule has 0 N–H and O–H groups in total. The Balaban J connectivity index is 1.93. The zero-order valence-electron chi connectivity index (χ0n) is 21.3. The van der Waals surface area contributed by atoms with Gasteiger partial charge in [-0.05, 0) is 49.6 Å². The number of methoxy groups -OCH3 is 1. The quantitative estimate of drug-likeness (QED) is 0.298. The number of rotatable bonds is 9. The third kappa shape index (κ3) is 4.63. The molecule has 0 bridgehead atoms. The van der Waals surface area contributed by atoms with Crippen LogP contribution in [0.15, 0.2) is 83.7 Å². The van der Waals surface area contributed by atoms with E-state index in [1.54, 1.807) is 17.7 Å². The molecule has 2 atom stereocenters. The Labute approximate surface area is 212 Å². The molecule has 6 nitrogen and oxygen atoms in total. The number of aromatic nitrogens is 2. The van der Waals surface area contributed by atoms with Crippen LogP contribution in [0, 0.1) is 0 Å². The van der Waals surface area contributed by atoms with E-state index < -0.39 is 6.04 Å². The standard InChI is InChI=1S/C30H33N3O3/c1-5-22(21-15-9-8-10-16-21)29(34)32(7-3)25(6-2)28-31-24-18-12-11-17-23(24)30(35)33(28)26-19-13-14-20-27(26)36-4/h8-20,22,25H,5-7H2,1-4H3. The molecule has 1 aromatic heterocycles. The van der Waals surface area contributed by atoms with Gasteiger partial charge < -0.3 is 9.64 Å². The fraction of sp³-hybridized carbons (Fsp3) is 0.300. The molecule has 0 saturated carbocycles. The highest BCUT2D eigenvalue weighted by atomic mass is 16.5. The number of ether oxygens (including phenoxy) is 1. The first-order valence-electron chi connectivity index (χ1n) is 12.6. The monoisotopic (exact) mass is 483 g/mol. The van der Waals surface area contributed by atoms with Crippen LogP contribution in [0.5, 0.6) is 5.75 Å². The maximum absolute atomic E-state index is 14.0. The number of hydrogen-bond acceptors (Lipinski definition) is 4. The minimum absolute atomic E-state index is 0.0343. The second-order valence-corrected chi connectivity index (χ2v) is 8.72. The van der Waals surface area contributed by atoms with Gasteiger partial charge in [0.25, 0.3) is 5.56 Å². The van der Waals surface area contributed by atoms with Crippen molar-refractivity contribution in [1.29, 1.82) is 0 Å². The van der Waals surface area contributed by atoms with Crippen LogP contribution in [0.3, 0.4) is 0 Å². The highest BCUT2D eigenvalue weighted by Crippen LogP contribution is 2.32. The largest absolute Gasteiger partial charge is 0.495 e. The Hall–Kier alpha value is -3.93. The summed E-state index contributed by atoms with van der Waals surface area (Å²) in [4.78, 5) is 34.7. The van der Waals surface area contributed by atoms with E-state index in [-0.39, 0.29) is 17.4 Å². The fourth-order valence-corrected chi connectivity index (χ4v) is 4.93. The summed E-state index contributed by atoms with van der Waals surface area (Å²) in [6.45, 7) is 6.53. The van der Waals surface area contributed by atoms with E-state index in [1.807, 2.05) is 98.5 Å². The number of likely N-dealkylation sites (N-methyl/N-ethyl adjacent to an activating group) is 1. The number of benzene rings is 3. The van der Waals surface area contributed by atoms with Crippen molar-refractivity contribution in [3.63, 3.8) is 0 Å². The van der Waals surface area contributed by atoms with Crippen molar-refractivity contribution >= 4 is 16.8 Å². The highest BCUT2D eigenvalue weighted by Gasteiger charge is 2.32. The molecule has 0 aliphatic heterocycles. The van der Waals surface area contributed by atoms with E-state index in [1.165, 1.54) is 0 Å². The number of para-hydroxylation sites is 3. The third-order valence-corrected chi connectivity index (χ3v) is 6.72. The average Bonchev–Trinajstić information content (AvgIpc) is 2.92. The van der Waals surface area contributed by atoms with E-state index in [2.05, 4.69) is 0 Å². The topological polar surface area (TPSA) is 64.4 Å². The zero-order chi connectivity index (χ0) is 25.7. The minimum Gasteiger partial charge on any atom is -0.495 e. The van der Waals surface area contributed by atoms with E-state index in [0.717, 1.165) is 5.56 Å². The van der Waals surface area contributed by atoms with Crippen molar-refractivity contribution in [1.82, 2.24) is 14.5 Å². The lowest BCUT2D eigenvalue weighted by atomic mass is 9.94. The van der Waals surface area contributed by atoms with Gasteiger partial charge >= 0.3 is 0 Å². The van der Waals surface area contributed by atoms with Crippen molar-refractivity contribution < 1.29 is 9.53 Å². The molecule has 0 saturated heterocycles. The first-order chi connectivity index (χ1) is 17.5. The molecule has 0 fully saturated rings. The van der Waals surface area contributed by atoms with Crippen molar-refractivity contribution in [2.45, 2.75) is 45.6 Å². The van der Waals surface area contributed by atoms with Gasteiger partial charge in [-0.25, -0.2) is 4.98 Å². The first kappa shape index (κ1) is 25.2. The summed E-state index contributed by atoms with van der Waals surface area (Å²) in [7, 11) is 1.59. The lowest BCUT2D eigenvalue weighted by Gasteiger charge is -2.34. The Bertz CT molecular complexity index is 1400. The number of fused-ring (bicyclic) bond motifs is 1. The number of hydrogen-bond donors (Lipinski definition) is 0. The van der Waals surface area contributed by atoms with Gasteiger partial charge in [0.1, 0.15) is 11.6 Å². The summed E-state index contributed by atoms with van der Waals surface area (Å²) in [5.41, 5.74) is 2.03. The molecule has 186 valence electrons. The van der Waals surface area contributed by atoms with Crippen molar-refractivity contribution in [2.24, 2.45) is 0 Å². The van der Waals surface area contributed by atoms with Gasteiger partial charge in [0, 0.05) is 6.54 Å². The van der Waals surface area contributed by atoms with Crippen LogP contribution in [0.2, 0.25) is 0 Å². The summed E-state index contributed by atoms with van der Waals surface area (Å²) in [5, 5.41) is 0.520. The van der Waals surface area contributed by atoms with Gasteiger partial charge in [-0.3, -0.25) is 14.2 Å². The van der Waals surface area contributed by atoms with Gasteiger partial charge in [0.2, 0.25) is 5.91 Å². The number of carbonyl (C=O) groups is 1. The van der Waals surface area contributed by atoms with Gasteiger partial charge in [-0.15, -0.1) is 0 Å². The molecular formula is C30H33N3O3. The van der Waals surface area contributed by atoms with Crippen LogP contribution in [-0.2, 0) is 4.79 Å². The summed E-state index contributed by atoms with van der Waals surface area (Å²) in [6, 6.07) is 24.2. The highest BCUT2D eigenvalue weighted by molar-refractivity contribution is 5.84. The summed E-state index contributed by atoms with van der Waals surface area (Å²) in [5.74, 6) is 0.862. The van der Waals surface area contributed by atoms with Crippen LogP contribution >= 0.6 is 0 Å².